The minimum Gasteiger partial charge on any atom is -0.147 e. The number of hydrogen-bond donors (Lipinski definition) is 0. The number of rotatable bonds is 2. The molecule has 0 aromatic heterocycles. The number of benzene rings is 1. The molecule has 0 bridgehead atoms. The van der Waals surface area contributed by atoms with E-state index in [2.05, 4.69) is 50.3 Å². The Morgan fingerprint density at radius 1 is 1.19 bits per heavy atom. The fourth-order valence-corrected chi connectivity index (χ4v) is 3.96. The van der Waals surface area contributed by atoms with Gasteiger partial charge in [0.25, 0.3) is 0 Å². The Kier molecular flexibility index (Phi) is 6.55. The molecule has 16 heavy (non-hydrogen) atoms. The maximum atomic E-state index is 2.40. The molecule has 1 unspecified atom stereocenters. The second-order valence-electron chi connectivity index (χ2n) is 4.49. The predicted molar refractivity (Wildman–Crippen MR) is 71.1 cm³/mol. The molecule has 0 saturated heterocycles. The summed E-state index contributed by atoms with van der Waals surface area (Å²) >= 11 is 1.61. The van der Waals surface area contributed by atoms with Gasteiger partial charge in [0.1, 0.15) is 0 Å². The van der Waals surface area contributed by atoms with Crippen LogP contribution < -0.4 is 0 Å². The van der Waals surface area contributed by atoms with Gasteiger partial charge >= 0.3 is 102 Å². The van der Waals surface area contributed by atoms with Crippen molar-refractivity contribution in [2.45, 2.75) is 23.4 Å². The second-order valence-corrected chi connectivity index (χ2v) is 6.68. The molecule has 1 atom stereocenters. The first-order valence-electron chi connectivity index (χ1n) is 5.15. The average Bonchev–Trinajstić information content (AvgIpc) is 2.44. The summed E-state index contributed by atoms with van der Waals surface area (Å²) in [6.45, 7) is 4.61. The molecule has 1 aromatic carbocycles. The number of hydrogen-bond acceptors (Lipinski definition) is 0. The first-order chi connectivity index (χ1) is 6.62. The molecule has 0 N–H and O–H groups in total. The standard InChI is InChI=1S/C13H15.2ClH.Zr/c1-10(2)9-12-8-7-11-5-3-4-6-13(11)12;;;/h3-8,10H,9H2,1-2H3;2*1H;. The first-order valence-corrected chi connectivity index (χ1v) is 6.38. The summed E-state index contributed by atoms with van der Waals surface area (Å²) in [5, 5.41) is 0. The summed E-state index contributed by atoms with van der Waals surface area (Å²) in [5.41, 5.74) is 2.96. The molecular formula is C13H17Cl2Zr. The van der Waals surface area contributed by atoms with Crippen molar-refractivity contribution >= 4 is 30.9 Å². The predicted octanol–water partition coefficient (Wildman–Crippen LogP) is 4.35. The summed E-state index contributed by atoms with van der Waals surface area (Å²) in [7, 11) is 0. The molecule has 1 aliphatic rings. The molecule has 2 rings (SSSR count). The van der Waals surface area contributed by atoms with Gasteiger partial charge < -0.3 is 0 Å². The van der Waals surface area contributed by atoms with Gasteiger partial charge in [-0.1, -0.05) is 0 Å². The van der Waals surface area contributed by atoms with E-state index in [1.807, 2.05) is 0 Å². The summed E-state index contributed by atoms with van der Waals surface area (Å²) in [6.07, 6.45) is 5.96. The van der Waals surface area contributed by atoms with Gasteiger partial charge in [-0.05, 0) is 0 Å². The third kappa shape index (κ3) is 3.22. The van der Waals surface area contributed by atoms with Crippen molar-refractivity contribution in [3.05, 3.63) is 41.5 Å². The van der Waals surface area contributed by atoms with Crippen LogP contribution in [-0.4, -0.2) is 0 Å². The van der Waals surface area contributed by atoms with E-state index in [9.17, 15) is 0 Å². The summed E-state index contributed by atoms with van der Waals surface area (Å²) < 4.78 is 0.359. The summed E-state index contributed by atoms with van der Waals surface area (Å²) in [5.74, 6) is 0.769. The van der Waals surface area contributed by atoms with Crippen LogP contribution in [0, 0.1) is 5.92 Å². The topological polar surface area (TPSA) is 0 Å². The molecule has 0 fully saturated rings. The van der Waals surface area contributed by atoms with Gasteiger partial charge in [-0.25, -0.2) is 0 Å². The minimum atomic E-state index is 0. The summed E-state index contributed by atoms with van der Waals surface area (Å²) in [4.78, 5) is 0. The van der Waals surface area contributed by atoms with E-state index in [1.165, 1.54) is 17.5 Å². The van der Waals surface area contributed by atoms with Crippen molar-refractivity contribution in [2.75, 3.05) is 0 Å². The summed E-state index contributed by atoms with van der Waals surface area (Å²) in [6, 6.07) is 8.79. The van der Waals surface area contributed by atoms with Gasteiger partial charge in [-0.3, -0.25) is 0 Å². The molecule has 0 saturated carbocycles. The van der Waals surface area contributed by atoms with E-state index < -0.39 is 0 Å². The monoisotopic (exact) mass is 333 g/mol. The first kappa shape index (κ1) is 16.4. The zero-order valence-corrected chi connectivity index (χ0v) is 13.7. The van der Waals surface area contributed by atoms with Gasteiger partial charge in [0.15, 0.2) is 0 Å². The van der Waals surface area contributed by atoms with Gasteiger partial charge in [0.05, 0.1) is 0 Å². The van der Waals surface area contributed by atoms with Crippen LogP contribution in [0.5, 0.6) is 0 Å². The van der Waals surface area contributed by atoms with Crippen molar-refractivity contribution in [3.8, 4) is 0 Å². The fraction of sp³-hybridized carbons (Fsp3) is 0.385. The van der Waals surface area contributed by atoms with Crippen molar-refractivity contribution in [1.82, 2.24) is 0 Å². The van der Waals surface area contributed by atoms with Gasteiger partial charge in [-0.2, -0.15) is 0 Å². The van der Waals surface area contributed by atoms with Gasteiger partial charge in [-0.15, -0.1) is 24.8 Å². The molecule has 87 valence electrons. The molecule has 0 nitrogen and oxygen atoms in total. The zero-order chi connectivity index (χ0) is 10.2. The van der Waals surface area contributed by atoms with Gasteiger partial charge in [0.2, 0.25) is 0 Å². The second kappa shape index (κ2) is 6.38. The Labute approximate surface area is 126 Å². The Hall–Kier alpha value is 0.423. The third-order valence-corrected chi connectivity index (χ3v) is 4.29. The Morgan fingerprint density at radius 2 is 1.81 bits per heavy atom. The van der Waals surface area contributed by atoms with Crippen LogP contribution in [0.15, 0.2) is 30.3 Å². The van der Waals surface area contributed by atoms with Crippen LogP contribution in [0.2, 0.25) is 0 Å². The number of allylic oxidation sites excluding steroid dienone is 1. The van der Waals surface area contributed by atoms with E-state index in [0.717, 1.165) is 5.92 Å². The molecular weight excluding hydrogens is 318 g/mol. The van der Waals surface area contributed by atoms with Crippen molar-refractivity contribution in [2.24, 2.45) is 5.92 Å². The minimum absolute atomic E-state index is 0. The average molecular weight is 335 g/mol. The molecule has 0 spiro atoms. The molecule has 1 aromatic rings. The van der Waals surface area contributed by atoms with E-state index in [-0.39, 0.29) is 24.8 Å². The van der Waals surface area contributed by atoms with E-state index >= 15 is 0 Å². The maximum absolute atomic E-state index is 2.40. The SMILES string of the molecule is CC(C)C[C]1([Zr])C=Cc2ccccc21.Cl.Cl. The van der Waals surface area contributed by atoms with Crippen molar-refractivity contribution in [3.63, 3.8) is 0 Å². The van der Waals surface area contributed by atoms with Crippen LogP contribution in [0.4, 0.5) is 0 Å². The third-order valence-electron chi connectivity index (χ3n) is 2.72. The molecule has 1 aliphatic carbocycles. The molecule has 0 amide bonds. The van der Waals surface area contributed by atoms with Crippen LogP contribution >= 0.6 is 24.8 Å². The van der Waals surface area contributed by atoms with Crippen molar-refractivity contribution in [1.29, 1.82) is 0 Å². The number of fused-ring (bicyclic) bond motifs is 1. The fourth-order valence-electron chi connectivity index (χ4n) is 2.19. The van der Waals surface area contributed by atoms with Crippen LogP contribution in [0.1, 0.15) is 31.4 Å². The Morgan fingerprint density at radius 3 is 2.44 bits per heavy atom. The molecule has 0 heterocycles. The van der Waals surface area contributed by atoms with E-state index in [4.69, 9.17) is 0 Å². The van der Waals surface area contributed by atoms with E-state index in [1.54, 1.807) is 24.7 Å². The number of halogens is 2. The molecule has 0 aliphatic heterocycles. The van der Waals surface area contributed by atoms with Gasteiger partial charge in [0, 0.05) is 0 Å². The zero-order valence-electron chi connectivity index (χ0n) is 9.57. The van der Waals surface area contributed by atoms with Crippen LogP contribution in [-0.2, 0) is 27.8 Å². The largest absolute Gasteiger partial charge is 0.147 e. The van der Waals surface area contributed by atoms with Crippen molar-refractivity contribution < 1.29 is 24.7 Å². The van der Waals surface area contributed by atoms with E-state index in [0.29, 0.717) is 3.12 Å². The Bertz CT molecular complexity index is 374. The quantitative estimate of drug-likeness (QED) is 0.754. The Balaban J connectivity index is 0.00000112. The normalized spacial score (nSPS) is 21.1. The van der Waals surface area contributed by atoms with Crippen LogP contribution in [0.3, 0.4) is 0 Å². The smallest absolute Gasteiger partial charge is 0.147 e. The molecule has 3 heteroatoms. The maximum Gasteiger partial charge on any atom is -0.147 e. The van der Waals surface area contributed by atoms with Crippen LogP contribution in [0.25, 0.3) is 6.08 Å². The molecule has 0 radical (unpaired) electrons.